The van der Waals surface area contributed by atoms with E-state index >= 15 is 0 Å². The Balaban J connectivity index is 1.56. The van der Waals surface area contributed by atoms with Crippen molar-refractivity contribution in [1.29, 1.82) is 0 Å². The number of fused-ring (bicyclic) bond motifs is 2. The van der Waals surface area contributed by atoms with E-state index < -0.39 is 0 Å². The fraction of sp³-hybridized carbons (Fsp3) is 1.00. The van der Waals surface area contributed by atoms with Crippen LogP contribution in [0.25, 0.3) is 0 Å². The highest BCUT2D eigenvalue weighted by molar-refractivity contribution is 5.19. The van der Waals surface area contributed by atoms with Crippen LogP contribution in [0.15, 0.2) is 0 Å². The second kappa shape index (κ2) is 4.80. The van der Waals surface area contributed by atoms with Crippen LogP contribution in [0.4, 0.5) is 0 Å². The van der Waals surface area contributed by atoms with Crippen molar-refractivity contribution < 1.29 is 9.47 Å². The van der Waals surface area contributed by atoms with Crippen LogP contribution in [0.1, 0.15) is 81.1 Å². The Morgan fingerprint density at radius 2 is 1.00 bits per heavy atom. The van der Waals surface area contributed by atoms with E-state index in [1.807, 2.05) is 0 Å². The van der Waals surface area contributed by atoms with Gasteiger partial charge in [-0.25, -0.2) is 0 Å². The number of rotatable bonds is 1. The van der Waals surface area contributed by atoms with Gasteiger partial charge in [0.25, 0.3) is 0 Å². The highest BCUT2D eigenvalue weighted by atomic mass is 16.6. The molecule has 0 aromatic carbocycles. The maximum Gasteiger partial charge on any atom is 0.100 e. The molecule has 0 amide bonds. The van der Waals surface area contributed by atoms with Crippen LogP contribution in [0.3, 0.4) is 0 Å². The average molecular weight is 335 g/mol. The molecule has 2 heteroatoms. The van der Waals surface area contributed by atoms with E-state index in [-0.39, 0.29) is 22.0 Å². The van der Waals surface area contributed by atoms with Crippen molar-refractivity contribution in [2.45, 2.75) is 104 Å². The van der Waals surface area contributed by atoms with Gasteiger partial charge in [0.15, 0.2) is 0 Å². The molecule has 2 nitrogen and oxygen atoms in total. The molecule has 2 aliphatic heterocycles. The third-order valence-electron chi connectivity index (χ3n) is 8.20. The lowest BCUT2D eigenvalue weighted by atomic mass is 9.58. The molecule has 24 heavy (non-hydrogen) atoms. The normalized spacial score (nSPS) is 54.0. The van der Waals surface area contributed by atoms with E-state index in [1.54, 1.807) is 0 Å². The quantitative estimate of drug-likeness (QED) is 0.596. The summed E-state index contributed by atoms with van der Waals surface area (Å²) in [6.07, 6.45) is 6.27. The first kappa shape index (κ1) is 17.3. The van der Waals surface area contributed by atoms with Crippen molar-refractivity contribution in [2.24, 2.45) is 34.5 Å². The van der Waals surface area contributed by atoms with E-state index in [0.717, 1.165) is 11.8 Å². The summed E-state index contributed by atoms with van der Waals surface area (Å²) in [5.41, 5.74) is 0.805. The highest BCUT2D eigenvalue weighted by Gasteiger charge is 2.71. The van der Waals surface area contributed by atoms with Gasteiger partial charge in [-0.05, 0) is 60.2 Å². The zero-order chi connectivity index (χ0) is 17.7. The lowest BCUT2D eigenvalue weighted by Crippen LogP contribution is -2.46. The van der Waals surface area contributed by atoms with Crippen molar-refractivity contribution in [3.63, 3.8) is 0 Å². The molecule has 2 saturated heterocycles. The van der Waals surface area contributed by atoms with Gasteiger partial charge in [-0.2, -0.15) is 0 Å². The number of epoxide rings is 2. The molecule has 2 aliphatic carbocycles. The molecule has 2 saturated carbocycles. The summed E-state index contributed by atoms with van der Waals surface area (Å²) in [5.74, 6) is 3.04. The predicted octanol–water partition coefficient (Wildman–Crippen LogP) is 5.45. The largest absolute Gasteiger partial charge is 0.365 e. The van der Waals surface area contributed by atoms with Crippen molar-refractivity contribution in [2.75, 3.05) is 0 Å². The zero-order valence-electron chi connectivity index (χ0n) is 17.1. The molecule has 138 valence electrons. The first-order valence-corrected chi connectivity index (χ1v) is 10.3. The first-order chi connectivity index (χ1) is 10.9. The van der Waals surface area contributed by atoms with Gasteiger partial charge in [-0.15, -0.1) is 0 Å². The smallest absolute Gasteiger partial charge is 0.100 e. The minimum absolute atomic E-state index is 0.148. The zero-order valence-corrected chi connectivity index (χ0v) is 17.1. The molecule has 4 aliphatic rings. The fourth-order valence-corrected chi connectivity index (χ4v) is 6.55. The van der Waals surface area contributed by atoms with E-state index in [0.29, 0.717) is 24.0 Å². The van der Waals surface area contributed by atoms with Gasteiger partial charge in [0.1, 0.15) is 11.2 Å². The SMILES string of the molecule is CC1CC(C2CC(C)C3OC3(C(C)(C)C)C2)CC2(C(C)(C)C)OC12. The summed E-state index contributed by atoms with van der Waals surface area (Å²) in [5, 5.41) is 0. The van der Waals surface area contributed by atoms with Crippen LogP contribution in [0.5, 0.6) is 0 Å². The Bertz CT molecular complexity index is 479. The maximum absolute atomic E-state index is 6.39. The van der Waals surface area contributed by atoms with Crippen molar-refractivity contribution in [3.05, 3.63) is 0 Å². The van der Waals surface area contributed by atoms with Gasteiger partial charge in [-0.1, -0.05) is 55.4 Å². The number of hydrogen-bond donors (Lipinski definition) is 0. The standard InChI is InChI=1S/C22H38O2/c1-13-9-15(11-21(17(13)23-21)19(3,4)5)16-10-14(2)18-22(12-16,24-18)20(6,7)8/h13-18H,9-12H2,1-8H3. The fourth-order valence-electron chi connectivity index (χ4n) is 6.55. The Kier molecular flexibility index (Phi) is 3.46. The van der Waals surface area contributed by atoms with Crippen molar-refractivity contribution in [3.8, 4) is 0 Å². The maximum atomic E-state index is 6.39. The van der Waals surface area contributed by atoms with Crippen molar-refractivity contribution >= 4 is 0 Å². The molecule has 4 fully saturated rings. The molecule has 4 rings (SSSR count). The van der Waals surface area contributed by atoms with Crippen LogP contribution >= 0.6 is 0 Å². The van der Waals surface area contributed by atoms with Crippen LogP contribution in [-0.2, 0) is 9.47 Å². The second-order valence-electron chi connectivity index (χ2n) is 11.7. The summed E-state index contributed by atoms with van der Waals surface area (Å²) >= 11 is 0. The molecule has 0 N–H and O–H groups in total. The van der Waals surface area contributed by atoms with E-state index in [2.05, 4.69) is 55.4 Å². The highest BCUT2D eigenvalue weighted by Crippen LogP contribution is 2.66. The monoisotopic (exact) mass is 334 g/mol. The summed E-state index contributed by atoms with van der Waals surface area (Å²) in [4.78, 5) is 0. The minimum Gasteiger partial charge on any atom is -0.365 e. The Morgan fingerprint density at radius 3 is 1.29 bits per heavy atom. The number of hydrogen-bond acceptors (Lipinski definition) is 2. The lowest BCUT2D eigenvalue weighted by Gasteiger charge is -2.44. The second-order valence-corrected chi connectivity index (χ2v) is 11.7. The molecule has 2 heterocycles. The third kappa shape index (κ3) is 2.21. The first-order valence-electron chi connectivity index (χ1n) is 10.3. The van der Waals surface area contributed by atoms with Crippen LogP contribution in [-0.4, -0.2) is 23.4 Å². The molecule has 0 spiro atoms. The summed E-state index contributed by atoms with van der Waals surface area (Å²) in [6.45, 7) is 19.1. The molecule has 0 bridgehead atoms. The molecule has 8 atom stereocenters. The molecular formula is C22H38O2. The molecule has 8 unspecified atom stereocenters. The Morgan fingerprint density at radius 1 is 0.667 bits per heavy atom. The average Bonchev–Trinajstić information content (AvgIpc) is 3.28. The van der Waals surface area contributed by atoms with Crippen LogP contribution in [0.2, 0.25) is 0 Å². The number of ether oxygens (including phenoxy) is 2. The van der Waals surface area contributed by atoms with Crippen LogP contribution < -0.4 is 0 Å². The van der Waals surface area contributed by atoms with Gasteiger partial charge in [0, 0.05) is 0 Å². The lowest BCUT2D eigenvalue weighted by molar-refractivity contribution is 0.0534. The van der Waals surface area contributed by atoms with Gasteiger partial charge in [-0.3, -0.25) is 0 Å². The molecule has 0 aromatic heterocycles. The summed E-state index contributed by atoms with van der Waals surface area (Å²) < 4.78 is 12.8. The minimum atomic E-state index is 0.148. The van der Waals surface area contributed by atoms with E-state index in [4.69, 9.17) is 9.47 Å². The Hall–Kier alpha value is -0.0800. The predicted molar refractivity (Wildman–Crippen MR) is 97.9 cm³/mol. The molecule has 0 aromatic rings. The van der Waals surface area contributed by atoms with E-state index in [9.17, 15) is 0 Å². The molecule has 0 radical (unpaired) electrons. The van der Waals surface area contributed by atoms with Gasteiger partial charge in [0.2, 0.25) is 0 Å². The third-order valence-corrected chi connectivity index (χ3v) is 8.20. The summed E-state index contributed by atoms with van der Waals surface area (Å²) in [6, 6.07) is 0. The van der Waals surface area contributed by atoms with Gasteiger partial charge in [0.05, 0.1) is 12.2 Å². The summed E-state index contributed by atoms with van der Waals surface area (Å²) in [7, 11) is 0. The van der Waals surface area contributed by atoms with Crippen LogP contribution in [0, 0.1) is 34.5 Å². The molecular weight excluding hydrogens is 296 g/mol. The Labute approximate surface area is 149 Å². The van der Waals surface area contributed by atoms with E-state index in [1.165, 1.54) is 25.7 Å². The van der Waals surface area contributed by atoms with Gasteiger partial charge >= 0.3 is 0 Å². The van der Waals surface area contributed by atoms with Gasteiger partial charge < -0.3 is 9.47 Å². The topological polar surface area (TPSA) is 25.1 Å². The van der Waals surface area contributed by atoms with Crippen molar-refractivity contribution in [1.82, 2.24) is 0 Å².